The molecule has 0 saturated carbocycles. The van der Waals surface area contributed by atoms with Crippen LogP contribution in [0.1, 0.15) is 50.7 Å². The van der Waals surface area contributed by atoms with E-state index in [-0.39, 0.29) is 31.8 Å². The maximum Gasteiger partial charge on any atom is 0.265 e. The molecule has 0 radical (unpaired) electrons. The highest BCUT2D eigenvalue weighted by molar-refractivity contribution is 9.10. The number of aliphatic hydroxyl groups excluding tert-OH is 1. The average molecular weight is 512 g/mol. The molecule has 2 aromatic rings. The first-order valence-electron chi connectivity index (χ1n) is 10.1. The van der Waals surface area contributed by atoms with Crippen molar-refractivity contribution in [2.75, 3.05) is 6.61 Å². The molecule has 0 fully saturated rings. The van der Waals surface area contributed by atoms with Gasteiger partial charge in [-0.05, 0) is 68.9 Å². The van der Waals surface area contributed by atoms with E-state index in [1.54, 1.807) is 39.0 Å². The molecule has 1 N–H and O–H groups in total. The van der Waals surface area contributed by atoms with Crippen molar-refractivity contribution in [3.05, 3.63) is 69.9 Å². The summed E-state index contributed by atoms with van der Waals surface area (Å²) in [4.78, 5) is 0. The van der Waals surface area contributed by atoms with Crippen LogP contribution in [0.4, 0.5) is 4.39 Å². The number of sulfonamides is 1. The number of rotatable bonds is 7. The molecule has 5 nitrogen and oxygen atoms in total. The molecule has 1 unspecified atom stereocenters. The van der Waals surface area contributed by atoms with Crippen molar-refractivity contribution in [3.63, 3.8) is 0 Å². The van der Waals surface area contributed by atoms with Gasteiger partial charge in [0, 0.05) is 17.5 Å². The fourth-order valence-electron chi connectivity index (χ4n) is 3.88. The zero-order chi connectivity index (χ0) is 22.9. The minimum Gasteiger partial charge on any atom is -0.472 e. The predicted octanol–water partition coefficient (Wildman–Crippen LogP) is 4.98. The van der Waals surface area contributed by atoms with Crippen molar-refractivity contribution < 1.29 is 22.7 Å². The summed E-state index contributed by atoms with van der Waals surface area (Å²) < 4.78 is 50.8. The molecular formula is C23H27BrFNO4S. The first kappa shape index (κ1) is 23.9. The van der Waals surface area contributed by atoms with E-state index in [2.05, 4.69) is 20.3 Å². The Bertz CT molecular complexity index is 1070. The third-order valence-corrected chi connectivity index (χ3v) is 8.88. The molecule has 2 aromatic carbocycles. The first-order valence-corrected chi connectivity index (χ1v) is 12.3. The Hall–Kier alpha value is -1.77. The van der Waals surface area contributed by atoms with Gasteiger partial charge in [0.1, 0.15) is 16.2 Å². The summed E-state index contributed by atoms with van der Waals surface area (Å²) in [5, 5.41) is 9.47. The molecule has 31 heavy (non-hydrogen) atoms. The predicted molar refractivity (Wildman–Crippen MR) is 123 cm³/mol. The van der Waals surface area contributed by atoms with E-state index in [4.69, 9.17) is 4.74 Å². The highest BCUT2D eigenvalue weighted by Crippen LogP contribution is 2.42. The van der Waals surface area contributed by atoms with Gasteiger partial charge < -0.3 is 9.84 Å². The Morgan fingerprint density at radius 3 is 2.35 bits per heavy atom. The van der Waals surface area contributed by atoms with Crippen LogP contribution in [0.15, 0.2) is 57.4 Å². The highest BCUT2D eigenvalue weighted by atomic mass is 79.9. The quantitative estimate of drug-likeness (QED) is 0.568. The molecule has 3 rings (SSSR count). The monoisotopic (exact) mass is 511 g/mol. The molecule has 1 heterocycles. The zero-order valence-corrected chi connectivity index (χ0v) is 20.2. The Balaban J connectivity index is 1.94. The van der Waals surface area contributed by atoms with Crippen LogP contribution in [0.25, 0.3) is 0 Å². The summed E-state index contributed by atoms with van der Waals surface area (Å²) >= 11 is 3.39. The second-order valence-electron chi connectivity index (χ2n) is 8.54. The fraction of sp³-hybridized carbons (Fsp3) is 0.435. The minimum atomic E-state index is -3.95. The molecule has 168 valence electrons. The van der Waals surface area contributed by atoms with E-state index in [0.717, 1.165) is 10.0 Å². The van der Waals surface area contributed by atoms with E-state index in [0.29, 0.717) is 5.56 Å². The first-order chi connectivity index (χ1) is 14.5. The molecule has 1 aliphatic rings. The molecule has 0 bridgehead atoms. The summed E-state index contributed by atoms with van der Waals surface area (Å²) in [6, 6.07) is 13.8. The number of aliphatic hydroxyl groups is 1. The topological polar surface area (TPSA) is 76.0 Å². The van der Waals surface area contributed by atoms with Gasteiger partial charge in [-0.2, -0.15) is 0 Å². The summed E-state index contributed by atoms with van der Waals surface area (Å²) in [5.41, 5.74) is 0.185. The lowest BCUT2D eigenvalue weighted by Crippen LogP contribution is -2.59. The Kier molecular flexibility index (Phi) is 6.93. The smallest absolute Gasteiger partial charge is 0.265 e. The summed E-state index contributed by atoms with van der Waals surface area (Å²) in [6.45, 7) is 4.96. The van der Waals surface area contributed by atoms with Crippen molar-refractivity contribution in [1.29, 1.82) is 0 Å². The molecule has 8 heteroatoms. The summed E-state index contributed by atoms with van der Waals surface area (Å²) in [7, 11) is -3.95. The van der Waals surface area contributed by atoms with Crippen LogP contribution in [-0.2, 0) is 21.2 Å². The lowest BCUT2D eigenvalue weighted by molar-refractivity contribution is 0.0436. The van der Waals surface area contributed by atoms with Crippen LogP contribution >= 0.6 is 15.9 Å². The van der Waals surface area contributed by atoms with Gasteiger partial charge in [0.2, 0.25) is 5.90 Å². The Labute approximate surface area is 191 Å². The lowest BCUT2D eigenvalue weighted by Gasteiger charge is -2.45. The summed E-state index contributed by atoms with van der Waals surface area (Å²) in [5.74, 6) is -0.814. The molecule has 1 aliphatic heterocycles. The van der Waals surface area contributed by atoms with Gasteiger partial charge in [0.05, 0.1) is 0 Å². The number of hydrogen-bond acceptors (Lipinski definition) is 4. The van der Waals surface area contributed by atoms with Crippen LogP contribution in [0.5, 0.6) is 0 Å². The Morgan fingerprint density at radius 2 is 1.77 bits per heavy atom. The van der Waals surface area contributed by atoms with Gasteiger partial charge >= 0.3 is 0 Å². The average Bonchev–Trinajstić information content (AvgIpc) is 2.68. The van der Waals surface area contributed by atoms with Gasteiger partial charge in [-0.3, -0.25) is 0 Å². The molecule has 0 saturated heterocycles. The molecule has 0 aliphatic carbocycles. The number of halogens is 2. The van der Waals surface area contributed by atoms with E-state index >= 15 is 0 Å². The van der Waals surface area contributed by atoms with Gasteiger partial charge in [0.25, 0.3) is 10.0 Å². The zero-order valence-electron chi connectivity index (χ0n) is 17.8. The SMILES string of the molecule is CC1(C)OC(C[C@@H](CCO)c2ccccc2F)=NS(=O)(=O)C1(C)Cc1ccc(Br)cc1. The van der Waals surface area contributed by atoms with Crippen LogP contribution in [0.3, 0.4) is 0 Å². The Morgan fingerprint density at radius 1 is 1.13 bits per heavy atom. The van der Waals surface area contributed by atoms with Crippen LogP contribution in [-0.4, -0.2) is 36.4 Å². The fourth-order valence-corrected chi connectivity index (χ4v) is 5.74. The molecule has 0 spiro atoms. The van der Waals surface area contributed by atoms with E-state index in [1.165, 1.54) is 6.07 Å². The van der Waals surface area contributed by atoms with Crippen LogP contribution < -0.4 is 0 Å². The van der Waals surface area contributed by atoms with Gasteiger partial charge in [-0.25, -0.2) is 12.8 Å². The second kappa shape index (κ2) is 9.00. The van der Waals surface area contributed by atoms with Crippen molar-refractivity contribution >= 4 is 31.9 Å². The maximum atomic E-state index is 14.3. The molecule has 2 atom stereocenters. The second-order valence-corrected chi connectivity index (χ2v) is 11.5. The third kappa shape index (κ3) is 4.86. The number of hydrogen-bond donors (Lipinski definition) is 1. The lowest BCUT2D eigenvalue weighted by atomic mass is 9.85. The molecule has 0 amide bonds. The summed E-state index contributed by atoms with van der Waals surface area (Å²) in [6.07, 6.45) is 0.582. The molecular weight excluding hydrogens is 485 g/mol. The number of benzene rings is 2. The van der Waals surface area contributed by atoms with Crippen LogP contribution in [0, 0.1) is 5.82 Å². The van der Waals surface area contributed by atoms with Crippen molar-refractivity contribution in [3.8, 4) is 0 Å². The highest BCUT2D eigenvalue weighted by Gasteiger charge is 2.56. The third-order valence-electron chi connectivity index (χ3n) is 6.14. The largest absolute Gasteiger partial charge is 0.472 e. The maximum absolute atomic E-state index is 14.3. The van der Waals surface area contributed by atoms with E-state index < -0.39 is 32.1 Å². The van der Waals surface area contributed by atoms with Crippen molar-refractivity contribution in [2.45, 2.75) is 56.3 Å². The van der Waals surface area contributed by atoms with Gasteiger partial charge in [-0.15, -0.1) is 4.40 Å². The van der Waals surface area contributed by atoms with Gasteiger partial charge in [0.15, 0.2) is 0 Å². The van der Waals surface area contributed by atoms with E-state index in [9.17, 15) is 17.9 Å². The minimum absolute atomic E-state index is 0.0417. The van der Waals surface area contributed by atoms with Crippen molar-refractivity contribution in [1.82, 2.24) is 0 Å². The number of ether oxygens (including phenoxy) is 1. The standard InChI is InChI=1S/C23H27BrFNO4S/c1-22(2)23(3,15-16-8-10-18(24)11-9-16)31(28,29)26-21(30-22)14-17(12-13-27)19-6-4-5-7-20(19)25/h4-11,17,27H,12-15H2,1-3H3/t17-,23?/m1/s1. The normalized spacial score (nSPS) is 23.0. The van der Waals surface area contributed by atoms with Crippen molar-refractivity contribution in [2.24, 2.45) is 4.40 Å². The van der Waals surface area contributed by atoms with Gasteiger partial charge in [-0.1, -0.05) is 46.3 Å². The molecule has 0 aromatic heterocycles. The van der Waals surface area contributed by atoms with E-state index in [1.807, 2.05) is 24.3 Å². The van der Waals surface area contributed by atoms with Crippen LogP contribution in [0.2, 0.25) is 0 Å². The number of nitrogens with zero attached hydrogens (tertiary/aromatic N) is 1.